The highest BCUT2D eigenvalue weighted by atomic mass is 79.9. The molecule has 178 valence electrons. The lowest BCUT2D eigenvalue weighted by Crippen LogP contribution is -2.62. The van der Waals surface area contributed by atoms with Gasteiger partial charge in [-0.1, -0.05) is 88.7 Å². The van der Waals surface area contributed by atoms with Crippen molar-refractivity contribution in [1.82, 2.24) is 4.90 Å². The Bertz CT molecular complexity index is 1020. The van der Waals surface area contributed by atoms with E-state index in [1.54, 1.807) is 0 Å². The van der Waals surface area contributed by atoms with Gasteiger partial charge in [-0.15, -0.1) is 0 Å². The predicted molar refractivity (Wildman–Crippen MR) is 143 cm³/mol. The lowest BCUT2D eigenvalue weighted by atomic mass is 9.72. The summed E-state index contributed by atoms with van der Waals surface area (Å²) >= 11 is 3.85. The molecular weight excluding hydrogens is 488 g/mol. The second kappa shape index (κ2) is 11.4. The summed E-state index contributed by atoms with van der Waals surface area (Å²) in [6.07, 6.45) is -0.354. The van der Waals surface area contributed by atoms with Crippen LogP contribution in [0.25, 0.3) is 0 Å². The van der Waals surface area contributed by atoms with Gasteiger partial charge in [-0.05, 0) is 43.3 Å². The number of aliphatic imine (C=N–C) groups is 1. The molecule has 3 aromatic carbocycles. The molecule has 34 heavy (non-hydrogen) atoms. The van der Waals surface area contributed by atoms with Crippen LogP contribution in [0.15, 0.2) is 88.3 Å². The largest absolute Gasteiger partial charge is 0.349 e. The molecule has 0 aliphatic carbocycles. The van der Waals surface area contributed by atoms with Gasteiger partial charge in [-0.25, -0.2) is 0 Å². The lowest BCUT2D eigenvalue weighted by Gasteiger charge is -2.53. The van der Waals surface area contributed by atoms with Crippen molar-refractivity contribution in [1.29, 1.82) is 0 Å². The first-order valence-corrected chi connectivity index (χ1v) is 12.7. The standard InChI is InChI=1S/C29H33BrN2O2/c1-4-33-28(34-5-2)24-16-17-25(26(30)18-24)29(19-31-3)20-32(21-29)27(22-12-8-6-9-13-22)23-14-10-7-11-15-23/h6-18,27-28H,3-5,19-21H2,1-2H3. The number of hydrogen-bond acceptors (Lipinski definition) is 4. The summed E-state index contributed by atoms with van der Waals surface area (Å²) in [7, 11) is 0. The lowest BCUT2D eigenvalue weighted by molar-refractivity contribution is -0.140. The maximum Gasteiger partial charge on any atom is 0.183 e. The van der Waals surface area contributed by atoms with Gasteiger partial charge in [-0.3, -0.25) is 9.89 Å². The molecule has 0 aromatic heterocycles. The monoisotopic (exact) mass is 520 g/mol. The Morgan fingerprint density at radius 1 is 0.882 bits per heavy atom. The smallest absolute Gasteiger partial charge is 0.183 e. The summed E-state index contributed by atoms with van der Waals surface area (Å²) in [6, 6.07) is 28.1. The minimum absolute atomic E-state index is 0.0896. The second-order valence-corrected chi connectivity index (χ2v) is 9.63. The molecule has 0 bridgehead atoms. The van der Waals surface area contributed by atoms with Gasteiger partial charge in [0.2, 0.25) is 0 Å². The molecule has 1 saturated heterocycles. The highest BCUT2D eigenvalue weighted by molar-refractivity contribution is 9.10. The first kappa shape index (κ1) is 24.8. The van der Waals surface area contributed by atoms with E-state index < -0.39 is 0 Å². The third kappa shape index (κ3) is 5.18. The highest BCUT2D eigenvalue weighted by Crippen LogP contribution is 2.45. The number of benzene rings is 3. The van der Waals surface area contributed by atoms with Crippen molar-refractivity contribution in [2.24, 2.45) is 4.99 Å². The third-order valence-electron chi connectivity index (χ3n) is 6.49. The fourth-order valence-electron chi connectivity index (χ4n) is 5.02. The quantitative estimate of drug-likeness (QED) is 0.212. The van der Waals surface area contributed by atoms with E-state index in [4.69, 9.17) is 9.47 Å². The molecule has 0 amide bonds. The van der Waals surface area contributed by atoms with E-state index in [1.807, 2.05) is 13.8 Å². The van der Waals surface area contributed by atoms with Crippen molar-refractivity contribution in [2.75, 3.05) is 32.8 Å². The number of rotatable bonds is 11. The third-order valence-corrected chi connectivity index (χ3v) is 7.15. The minimum Gasteiger partial charge on any atom is -0.349 e. The SMILES string of the molecule is C=NCC1(c2ccc(C(OCC)OCC)cc2Br)CN(C(c2ccccc2)c2ccccc2)C1. The average Bonchev–Trinajstić information content (AvgIpc) is 2.84. The number of nitrogens with zero attached hydrogens (tertiary/aromatic N) is 2. The molecular formula is C29H33BrN2O2. The summed E-state index contributed by atoms with van der Waals surface area (Å²) < 4.78 is 12.7. The Kier molecular flexibility index (Phi) is 8.32. The van der Waals surface area contributed by atoms with Gasteiger partial charge in [0.25, 0.3) is 0 Å². The summed E-state index contributed by atoms with van der Waals surface area (Å²) in [5, 5.41) is 0. The van der Waals surface area contributed by atoms with Crippen LogP contribution in [0.1, 0.15) is 48.4 Å². The van der Waals surface area contributed by atoms with Gasteiger partial charge in [0.05, 0.1) is 12.6 Å². The maximum atomic E-state index is 5.80. The first-order valence-electron chi connectivity index (χ1n) is 11.9. The Hall–Kier alpha value is -2.31. The number of hydrogen-bond donors (Lipinski definition) is 0. The average molecular weight is 521 g/mol. The zero-order valence-corrected chi connectivity index (χ0v) is 21.6. The molecule has 1 fully saturated rings. The normalized spacial score (nSPS) is 15.4. The van der Waals surface area contributed by atoms with Gasteiger partial charge in [0, 0.05) is 41.8 Å². The van der Waals surface area contributed by atoms with Crippen molar-refractivity contribution < 1.29 is 9.47 Å². The first-order chi connectivity index (χ1) is 16.6. The molecule has 4 nitrogen and oxygen atoms in total. The van der Waals surface area contributed by atoms with E-state index in [0.717, 1.165) is 23.1 Å². The van der Waals surface area contributed by atoms with Crippen LogP contribution in [0.2, 0.25) is 0 Å². The summed E-state index contributed by atoms with van der Waals surface area (Å²) in [4.78, 5) is 6.90. The molecule has 0 N–H and O–H groups in total. The van der Waals surface area contributed by atoms with E-state index >= 15 is 0 Å². The van der Waals surface area contributed by atoms with E-state index in [1.165, 1.54) is 16.7 Å². The van der Waals surface area contributed by atoms with E-state index in [9.17, 15) is 0 Å². The van der Waals surface area contributed by atoms with Crippen molar-refractivity contribution in [2.45, 2.75) is 31.6 Å². The van der Waals surface area contributed by atoms with Gasteiger partial charge >= 0.3 is 0 Å². The molecule has 0 unspecified atom stereocenters. The van der Waals surface area contributed by atoms with Crippen LogP contribution in [0.3, 0.4) is 0 Å². The molecule has 1 heterocycles. The van der Waals surface area contributed by atoms with Crippen LogP contribution >= 0.6 is 15.9 Å². The zero-order chi connectivity index (χ0) is 24.0. The van der Waals surface area contributed by atoms with Crippen LogP contribution in [0.5, 0.6) is 0 Å². The highest BCUT2D eigenvalue weighted by Gasteiger charge is 2.48. The second-order valence-electron chi connectivity index (χ2n) is 8.77. The van der Waals surface area contributed by atoms with Crippen molar-refractivity contribution in [3.8, 4) is 0 Å². The Morgan fingerprint density at radius 3 is 1.91 bits per heavy atom. The van der Waals surface area contributed by atoms with E-state index in [0.29, 0.717) is 19.8 Å². The minimum atomic E-state index is -0.354. The Morgan fingerprint density at radius 2 is 1.44 bits per heavy atom. The fraction of sp³-hybridized carbons (Fsp3) is 0.345. The van der Waals surface area contributed by atoms with Gasteiger partial charge in [0.1, 0.15) is 0 Å². The van der Waals surface area contributed by atoms with Gasteiger partial charge in [-0.2, -0.15) is 0 Å². The summed E-state index contributed by atoms with van der Waals surface area (Å²) in [5.41, 5.74) is 4.79. The van der Waals surface area contributed by atoms with Crippen LogP contribution in [0, 0.1) is 0 Å². The van der Waals surface area contributed by atoms with Gasteiger partial charge in [0.15, 0.2) is 6.29 Å². The summed E-state index contributed by atoms with van der Waals surface area (Å²) in [5.74, 6) is 0. The van der Waals surface area contributed by atoms with Crippen LogP contribution < -0.4 is 0 Å². The molecule has 0 spiro atoms. The predicted octanol–water partition coefficient (Wildman–Crippen LogP) is 6.56. The molecule has 0 atom stereocenters. The number of likely N-dealkylation sites (tertiary alicyclic amines) is 1. The molecule has 0 radical (unpaired) electrons. The molecule has 0 saturated carbocycles. The van der Waals surface area contributed by atoms with Gasteiger partial charge < -0.3 is 9.47 Å². The molecule has 1 aliphatic rings. The van der Waals surface area contributed by atoms with Crippen LogP contribution in [-0.2, 0) is 14.9 Å². The van der Waals surface area contributed by atoms with E-state index in [2.05, 4.69) is 111 Å². The summed E-state index contributed by atoms with van der Waals surface area (Å²) in [6.45, 7) is 11.5. The maximum absolute atomic E-state index is 5.80. The topological polar surface area (TPSA) is 34.1 Å². The molecule has 4 rings (SSSR count). The molecule has 3 aromatic rings. The molecule has 1 aliphatic heterocycles. The van der Waals surface area contributed by atoms with Crippen molar-refractivity contribution >= 4 is 22.6 Å². The molecule has 5 heteroatoms. The van der Waals surface area contributed by atoms with E-state index in [-0.39, 0.29) is 17.7 Å². The van der Waals surface area contributed by atoms with Crippen LogP contribution in [-0.4, -0.2) is 44.5 Å². The van der Waals surface area contributed by atoms with Crippen LogP contribution in [0.4, 0.5) is 0 Å². The number of halogens is 1. The van der Waals surface area contributed by atoms with Crippen molar-refractivity contribution in [3.05, 3.63) is 106 Å². The fourth-order valence-corrected chi connectivity index (χ4v) is 5.84. The Balaban J connectivity index is 1.63. The van der Waals surface area contributed by atoms with Crippen molar-refractivity contribution in [3.63, 3.8) is 0 Å². The number of ether oxygens (including phenoxy) is 2. The Labute approximate surface area is 211 Å². The zero-order valence-electron chi connectivity index (χ0n) is 20.0.